The summed E-state index contributed by atoms with van der Waals surface area (Å²) in [4.78, 5) is 20.5. The van der Waals surface area contributed by atoms with Crippen molar-refractivity contribution in [2.24, 2.45) is 0 Å². The number of hydrogen-bond donors (Lipinski definition) is 1. The molecule has 33 heavy (non-hydrogen) atoms. The van der Waals surface area contributed by atoms with Crippen molar-refractivity contribution in [2.45, 2.75) is 37.3 Å². The van der Waals surface area contributed by atoms with Gasteiger partial charge >= 0.3 is 0 Å². The third-order valence-corrected chi connectivity index (χ3v) is 6.23. The van der Waals surface area contributed by atoms with E-state index in [1.807, 2.05) is 0 Å². The standard InChI is InChI=1S/C23H21F2N5O3/c1-13(31)28-21-7-15-16(11-30(18(15)10-27-21)20-8-23(20,24)25)17-5-14(9-26)6-19(29-17)22(32-2)3-4-33-12-22/h5-7,10-11,20H,3-4,8,12H2,1-2H3,(H,27,28,31)/t20-,22+/m1/s1. The molecule has 3 aromatic rings. The highest BCUT2D eigenvalue weighted by molar-refractivity contribution is 5.98. The molecule has 1 saturated heterocycles. The Kier molecular flexibility index (Phi) is 4.92. The van der Waals surface area contributed by atoms with Crippen LogP contribution in [0.4, 0.5) is 14.6 Å². The number of methoxy groups -OCH3 is 1. The van der Waals surface area contributed by atoms with Crippen LogP contribution in [0, 0.1) is 11.3 Å². The highest BCUT2D eigenvalue weighted by atomic mass is 19.3. The van der Waals surface area contributed by atoms with Gasteiger partial charge in [-0.25, -0.2) is 18.7 Å². The van der Waals surface area contributed by atoms with Gasteiger partial charge in [0.15, 0.2) is 0 Å². The maximum atomic E-state index is 14.0. The third kappa shape index (κ3) is 3.63. The number of aromatic nitrogens is 3. The van der Waals surface area contributed by atoms with Crippen LogP contribution in [0.3, 0.4) is 0 Å². The zero-order chi connectivity index (χ0) is 23.4. The van der Waals surface area contributed by atoms with E-state index in [0.717, 1.165) is 0 Å². The fraction of sp³-hybridized carbons (Fsp3) is 0.391. The monoisotopic (exact) mass is 453 g/mol. The average Bonchev–Trinajstić information content (AvgIpc) is 3.14. The zero-order valence-electron chi connectivity index (χ0n) is 18.1. The molecule has 1 amide bonds. The van der Waals surface area contributed by atoms with Crippen LogP contribution in [0.1, 0.15) is 37.1 Å². The Balaban J connectivity index is 1.71. The lowest BCUT2D eigenvalue weighted by atomic mass is 9.95. The number of carbonyl (C=O) groups is 1. The normalized spacial score (nSPS) is 23.4. The van der Waals surface area contributed by atoms with E-state index in [1.54, 1.807) is 31.5 Å². The minimum atomic E-state index is -2.80. The molecule has 0 radical (unpaired) electrons. The fourth-order valence-corrected chi connectivity index (χ4v) is 4.34. The Morgan fingerprint density at radius 2 is 2.18 bits per heavy atom. The minimum Gasteiger partial charge on any atom is -0.378 e. The number of anilines is 1. The summed E-state index contributed by atoms with van der Waals surface area (Å²) in [6, 6.07) is 6.09. The van der Waals surface area contributed by atoms with Gasteiger partial charge in [-0.1, -0.05) is 0 Å². The van der Waals surface area contributed by atoms with Crippen LogP contribution in [0.25, 0.3) is 22.2 Å². The number of nitrogens with zero attached hydrogens (tertiary/aromatic N) is 4. The Hall–Kier alpha value is -3.42. The molecule has 2 aliphatic rings. The molecule has 0 bridgehead atoms. The van der Waals surface area contributed by atoms with Crippen molar-refractivity contribution in [2.75, 3.05) is 25.6 Å². The summed E-state index contributed by atoms with van der Waals surface area (Å²) < 4.78 is 40.7. The first-order valence-electron chi connectivity index (χ1n) is 10.5. The van der Waals surface area contributed by atoms with Gasteiger partial charge in [0, 0.05) is 50.6 Å². The van der Waals surface area contributed by atoms with Crippen molar-refractivity contribution >= 4 is 22.6 Å². The number of fused-ring (bicyclic) bond motifs is 1. The van der Waals surface area contributed by atoms with Gasteiger partial charge in [-0.05, 0) is 18.2 Å². The summed E-state index contributed by atoms with van der Waals surface area (Å²) >= 11 is 0. The van der Waals surface area contributed by atoms with Crippen LogP contribution in [0.15, 0.2) is 30.6 Å². The second-order valence-electron chi connectivity index (χ2n) is 8.44. The zero-order valence-corrected chi connectivity index (χ0v) is 18.1. The number of nitriles is 1. The molecule has 1 N–H and O–H groups in total. The number of amides is 1. The van der Waals surface area contributed by atoms with Gasteiger partial charge in [0.2, 0.25) is 5.91 Å². The van der Waals surface area contributed by atoms with Crippen molar-refractivity contribution in [1.29, 1.82) is 5.26 Å². The quantitative estimate of drug-likeness (QED) is 0.631. The molecule has 0 unspecified atom stereocenters. The lowest BCUT2D eigenvalue weighted by molar-refractivity contribution is -0.114. The maximum absolute atomic E-state index is 14.0. The summed E-state index contributed by atoms with van der Waals surface area (Å²) in [5, 5.41) is 12.9. The Morgan fingerprint density at radius 3 is 2.79 bits per heavy atom. The molecular formula is C23H21F2N5O3. The predicted octanol–water partition coefficient (Wildman–Crippen LogP) is 3.77. The molecule has 2 atom stereocenters. The predicted molar refractivity (Wildman–Crippen MR) is 115 cm³/mol. The number of carbonyl (C=O) groups excluding carboxylic acids is 1. The SMILES string of the molecule is CO[C@@]1(c2cc(C#N)cc(-c3cn([C@@H]4CC4(F)F)c4cnc(NC(C)=O)cc34)n2)CCOC1. The molecule has 1 aliphatic heterocycles. The van der Waals surface area contributed by atoms with Crippen LogP contribution in [0.5, 0.6) is 0 Å². The molecule has 170 valence electrons. The van der Waals surface area contributed by atoms with E-state index in [1.165, 1.54) is 17.7 Å². The van der Waals surface area contributed by atoms with E-state index < -0.39 is 17.6 Å². The molecule has 0 aromatic carbocycles. The van der Waals surface area contributed by atoms with E-state index in [0.29, 0.717) is 58.9 Å². The summed E-state index contributed by atoms with van der Waals surface area (Å²) in [6.45, 7) is 2.17. The van der Waals surface area contributed by atoms with Crippen LogP contribution in [-0.4, -0.2) is 46.7 Å². The number of pyridine rings is 2. The number of ether oxygens (including phenoxy) is 2. The molecular weight excluding hydrogens is 432 g/mol. The van der Waals surface area contributed by atoms with Crippen molar-refractivity contribution in [3.63, 3.8) is 0 Å². The molecule has 0 spiro atoms. The molecule has 2 fully saturated rings. The molecule has 1 saturated carbocycles. The van der Waals surface area contributed by atoms with E-state index in [4.69, 9.17) is 14.5 Å². The van der Waals surface area contributed by atoms with Gasteiger partial charge in [0.05, 0.1) is 41.3 Å². The van der Waals surface area contributed by atoms with E-state index >= 15 is 0 Å². The van der Waals surface area contributed by atoms with Gasteiger partial charge < -0.3 is 19.4 Å². The molecule has 1 aliphatic carbocycles. The smallest absolute Gasteiger partial charge is 0.270 e. The first-order valence-corrected chi connectivity index (χ1v) is 10.5. The van der Waals surface area contributed by atoms with Crippen LogP contribution >= 0.6 is 0 Å². The van der Waals surface area contributed by atoms with Gasteiger partial charge in [-0.15, -0.1) is 0 Å². The number of rotatable bonds is 5. The van der Waals surface area contributed by atoms with E-state index in [9.17, 15) is 18.8 Å². The van der Waals surface area contributed by atoms with Gasteiger partial charge in [0.1, 0.15) is 17.5 Å². The molecule has 5 rings (SSSR count). The summed E-state index contributed by atoms with van der Waals surface area (Å²) in [5.41, 5.74) is 1.63. The fourth-order valence-electron chi connectivity index (χ4n) is 4.34. The largest absolute Gasteiger partial charge is 0.378 e. The van der Waals surface area contributed by atoms with Gasteiger partial charge in [0.25, 0.3) is 5.92 Å². The number of halogens is 2. The van der Waals surface area contributed by atoms with Crippen molar-refractivity contribution in [1.82, 2.24) is 14.5 Å². The molecule has 10 heteroatoms. The van der Waals surface area contributed by atoms with Crippen LogP contribution in [-0.2, 0) is 19.9 Å². The minimum absolute atomic E-state index is 0.259. The Bertz CT molecular complexity index is 1310. The lowest BCUT2D eigenvalue weighted by Gasteiger charge is -2.25. The van der Waals surface area contributed by atoms with Crippen molar-refractivity contribution in [3.05, 3.63) is 41.9 Å². The maximum Gasteiger partial charge on any atom is 0.270 e. The van der Waals surface area contributed by atoms with E-state index in [2.05, 4.69) is 16.4 Å². The Morgan fingerprint density at radius 1 is 1.39 bits per heavy atom. The summed E-state index contributed by atoms with van der Waals surface area (Å²) in [5.74, 6) is -2.80. The van der Waals surface area contributed by atoms with E-state index in [-0.39, 0.29) is 12.3 Å². The van der Waals surface area contributed by atoms with Crippen LogP contribution < -0.4 is 5.32 Å². The van der Waals surface area contributed by atoms with Gasteiger partial charge in [-0.2, -0.15) is 5.26 Å². The third-order valence-electron chi connectivity index (χ3n) is 6.23. The average molecular weight is 453 g/mol. The van der Waals surface area contributed by atoms with Gasteiger partial charge in [-0.3, -0.25) is 4.79 Å². The molecule has 4 heterocycles. The highest BCUT2D eigenvalue weighted by Gasteiger charge is 2.58. The summed E-state index contributed by atoms with van der Waals surface area (Å²) in [6.07, 6.45) is 3.41. The van der Waals surface area contributed by atoms with Crippen molar-refractivity contribution < 1.29 is 23.0 Å². The Labute approximate surface area is 188 Å². The molecule has 8 nitrogen and oxygen atoms in total. The van der Waals surface area contributed by atoms with Crippen LogP contribution in [0.2, 0.25) is 0 Å². The number of nitrogens with one attached hydrogen (secondary N) is 1. The van der Waals surface area contributed by atoms with Crippen molar-refractivity contribution in [3.8, 4) is 17.3 Å². The second-order valence-corrected chi connectivity index (χ2v) is 8.44. The number of alkyl halides is 2. The topological polar surface area (TPSA) is 102 Å². The lowest BCUT2D eigenvalue weighted by Crippen LogP contribution is -2.30. The highest BCUT2D eigenvalue weighted by Crippen LogP contribution is 2.54. The second kappa shape index (κ2) is 7.57. The molecule has 3 aromatic heterocycles. The first-order chi connectivity index (χ1) is 15.8. The first kappa shape index (κ1) is 21.4. The number of hydrogen-bond acceptors (Lipinski definition) is 6. The summed E-state index contributed by atoms with van der Waals surface area (Å²) in [7, 11) is 1.57.